The maximum atomic E-state index is 13.4. The molecule has 0 bridgehead atoms. The summed E-state index contributed by atoms with van der Waals surface area (Å²) in [5, 5.41) is 7.24. The first-order chi connectivity index (χ1) is 20.6. The molecule has 2 N–H and O–H groups in total. The summed E-state index contributed by atoms with van der Waals surface area (Å²) in [4.78, 5) is 37.6. The summed E-state index contributed by atoms with van der Waals surface area (Å²) in [5.41, 5.74) is 1.19. The molecule has 3 fully saturated rings. The third-order valence-corrected chi connectivity index (χ3v) is 10.3. The molecular formula is C33H44N4O5S. The maximum absolute atomic E-state index is 13.4. The summed E-state index contributed by atoms with van der Waals surface area (Å²) in [6.45, 7) is 9.02. The van der Waals surface area contributed by atoms with Crippen molar-refractivity contribution in [2.75, 3.05) is 32.7 Å². The van der Waals surface area contributed by atoms with Crippen LogP contribution in [-0.2, 0) is 36.5 Å². The number of sulfonamides is 1. The highest BCUT2D eigenvalue weighted by molar-refractivity contribution is 7.89. The number of nitrogens with two attached hydrogens (primary N) is 1. The SMILES string of the molecule is C=CCN(C(=O)Cc1ccc(S(N)(=O)=O)cc1)C1CCN(O[C@]2(c3ccccc3)CN(C(=O)C3CCCC3)C[C@@H]2C)CC1. The van der Waals surface area contributed by atoms with Crippen LogP contribution in [0.3, 0.4) is 0 Å². The van der Waals surface area contributed by atoms with E-state index in [1.807, 2.05) is 33.1 Å². The van der Waals surface area contributed by atoms with Gasteiger partial charge >= 0.3 is 0 Å². The van der Waals surface area contributed by atoms with Crippen molar-refractivity contribution in [3.63, 3.8) is 0 Å². The third-order valence-electron chi connectivity index (χ3n) is 9.40. The van der Waals surface area contributed by atoms with Gasteiger partial charge in [-0.15, -0.1) is 6.58 Å². The Morgan fingerprint density at radius 2 is 1.70 bits per heavy atom. The molecule has 1 saturated carbocycles. The quantitative estimate of drug-likeness (QED) is 0.410. The number of primary sulfonamides is 1. The second kappa shape index (κ2) is 13.3. The van der Waals surface area contributed by atoms with Crippen molar-refractivity contribution in [3.05, 3.63) is 78.4 Å². The Hall–Kier alpha value is -3.05. The lowest BCUT2D eigenvalue weighted by Gasteiger charge is -2.43. The summed E-state index contributed by atoms with van der Waals surface area (Å²) in [5.74, 6) is 0.489. The van der Waals surface area contributed by atoms with E-state index < -0.39 is 15.6 Å². The van der Waals surface area contributed by atoms with Crippen LogP contribution in [0.4, 0.5) is 0 Å². The Bertz CT molecular complexity index is 1390. The first kappa shape index (κ1) is 31.4. The number of piperidine rings is 1. The van der Waals surface area contributed by atoms with E-state index in [4.69, 9.17) is 9.98 Å². The Kier molecular flexibility index (Phi) is 9.70. The van der Waals surface area contributed by atoms with Crippen molar-refractivity contribution in [2.45, 2.75) is 68.4 Å². The van der Waals surface area contributed by atoms with Crippen LogP contribution in [0.5, 0.6) is 0 Å². The minimum Gasteiger partial charge on any atom is -0.339 e. The molecule has 1 aliphatic carbocycles. The fourth-order valence-corrected chi connectivity index (χ4v) is 7.51. The van der Waals surface area contributed by atoms with Gasteiger partial charge in [-0.1, -0.05) is 68.3 Å². The zero-order valence-electron chi connectivity index (χ0n) is 25.1. The van der Waals surface area contributed by atoms with Gasteiger partial charge in [0.05, 0.1) is 17.9 Å². The summed E-state index contributed by atoms with van der Waals surface area (Å²) < 4.78 is 23.2. The predicted molar refractivity (Wildman–Crippen MR) is 165 cm³/mol. The van der Waals surface area contributed by atoms with Crippen LogP contribution in [0.15, 0.2) is 72.1 Å². The number of hydrogen-bond donors (Lipinski definition) is 1. The largest absolute Gasteiger partial charge is 0.339 e. The molecular weight excluding hydrogens is 564 g/mol. The number of nitrogens with zero attached hydrogens (tertiary/aromatic N) is 3. The van der Waals surface area contributed by atoms with Crippen LogP contribution in [-0.4, -0.2) is 73.9 Å². The molecule has 10 heteroatoms. The Balaban J connectivity index is 1.25. The van der Waals surface area contributed by atoms with Crippen molar-refractivity contribution < 1.29 is 22.8 Å². The summed E-state index contributed by atoms with van der Waals surface area (Å²) in [6.07, 6.45) is 7.62. The van der Waals surface area contributed by atoms with E-state index in [-0.39, 0.29) is 41.0 Å². The molecule has 43 heavy (non-hydrogen) atoms. The molecule has 2 aliphatic heterocycles. The lowest BCUT2D eigenvalue weighted by atomic mass is 9.85. The van der Waals surface area contributed by atoms with Crippen molar-refractivity contribution >= 4 is 21.8 Å². The molecule has 2 atom stereocenters. The van der Waals surface area contributed by atoms with Gasteiger partial charge in [-0.2, -0.15) is 5.06 Å². The Morgan fingerprint density at radius 1 is 1.05 bits per heavy atom. The van der Waals surface area contributed by atoms with E-state index in [1.54, 1.807) is 18.2 Å². The highest BCUT2D eigenvalue weighted by Gasteiger charge is 2.51. The molecule has 2 aromatic rings. The zero-order chi connectivity index (χ0) is 30.6. The Labute approximate surface area is 255 Å². The van der Waals surface area contributed by atoms with Crippen LogP contribution in [0, 0.1) is 11.8 Å². The molecule has 5 rings (SSSR count). The zero-order valence-corrected chi connectivity index (χ0v) is 25.9. The van der Waals surface area contributed by atoms with Crippen LogP contribution >= 0.6 is 0 Å². The molecule has 2 aromatic carbocycles. The van der Waals surface area contributed by atoms with Gasteiger partial charge in [0.2, 0.25) is 21.8 Å². The van der Waals surface area contributed by atoms with E-state index in [0.29, 0.717) is 32.7 Å². The monoisotopic (exact) mass is 608 g/mol. The number of carbonyl (C=O) groups excluding carboxylic acids is 2. The highest BCUT2D eigenvalue weighted by Crippen LogP contribution is 2.43. The van der Waals surface area contributed by atoms with Crippen LogP contribution in [0.1, 0.15) is 56.6 Å². The summed E-state index contributed by atoms with van der Waals surface area (Å²) in [7, 11) is -3.79. The van der Waals surface area contributed by atoms with Crippen LogP contribution < -0.4 is 5.14 Å². The predicted octanol–water partition coefficient (Wildman–Crippen LogP) is 3.85. The number of rotatable bonds is 10. The standard InChI is InChI=1S/C33H44N4O5S/c1-3-19-37(31(38)22-26-13-15-30(16-14-26)43(34,40)41)29-17-20-36(21-18-29)42-33(28-11-5-4-6-12-28)24-35(23-25(33)2)32(39)27-9-7-8-10-27/h3-6,11-16,25,27,29H,1,7-10,17-24H2,2H3,(H2,34,40,41)/t25-,33+/m0/s1. The lowest BCUT2D eigenvalue weighted by molar-refractivity contribution is -0.268. The fraction of sp³-hybridized carbons (Fsp3) is 0.515. The normalized spacial score (nSPS) is 23.9. The van der Waals surface area contributed by atoms with Gasteiger partial charge in [0.25, 0.3) is 0 Å². The topological polar surface area (TPSA) is 113 Å². The third kappa shape index (κ3) is 7.03. The van der Waals surface area contributed by atoms with Gasteiger partial charge in [0.15, 0.2) is 0 Å². The lowest BCUT2D eigenvalue weighted by Crippen LogP contribution is -2.51. The van der Waals surface area contributed by atoms with Crippen LogP contribution in [0.2, 0.25) is 0 Å². The number of likely N-dealkylation sites (tertiary alicyclic amines) is 1. The van der Waals surface area contributed by atoms with Gasteiger partial charge in [0, 0.05) is 44.1 Å². The molecule has 0 unspecified atom stereocenters. The fourth-order valence-electron chi connectivity index (χ4n) is 6.99. The minimum atomic E-state index is -3.79. The molecule has 2 heterocycles. The molecule has 2 saturated heterocycles. The summed E-state index contributed by atoms with van der Waals surface area (Å²) >= 11 is 0. The number of benzene rings is 2. The molecule has 232 valence electrons. The molecule has 9 nitrogen and oxygen atoms in total. The molecule has 0 aromatic heterocycles. The smallest absolute Gasteiger partial charge is 0.238 e. The van der Waals surface area contributed by atoms with E-state index in [0.717, 1.165) is 49.7 Å². The van der Waals surface area contributed by atoms with E-state index in [2.05, 4.69) is 25.6 Å². The van der Waals surface area contributed by atoms with E-state index >= 15 is 0 Å². The van der Waals surface area contributed by atoms with E-state index in [9.17, 15) is 18.0 Å². The Morgan fingerprint density at radius 3 is 2.30 bits per heavy atom. The van der Waals surface area contributed by atoms with Gasteiger partial charge in [0.1, 0.15) is 5.60 Å². The minimum absolute atomic E-state index is 0.0231. The van der Waals surface area contributed by atoms with E-state index in [1.165, 1.54) is 12.1 Å². The first-order valence-electron chi connectivity index (χ1n) is 15.4. The second-order valence-electron chi connectivity index (χ2n) is 12.3. The maximum Gasteiger partial charge on any atom is 0.238 e. The van der Waals surface area contributed by atoms with Crippen molar-refractivity contribution in [3.8, 4) is 0 Å². The van der Waals surface area contributed by atoms with Gasteiger partial charge in [-0.25, -0.2) is 13.6 Å². The molecule has 0 radical (unpaired) electrons. The van der Waals surface area contributed by atoms with Gasteiger partial charge < -0.3 is 9.80 Å². The molecule has 3 aliphatic rings. The number of hydrogen-bond acceptors (Lipinski definition) is 6. The first-order valence-corrected chi connectivity index (χ1v) is 17.0. The molecule has 2 amide bonds. The van der Waals surface area contributed by atoms with Crippen molar-refractivity contribution in [2.24, 2.45) is 17.0 Å². The van der Waals surface area contributed by atoms with Crippen LogP contribution in [0.25, 0.3) is 0 Å². The van der Waals surface area contributed by atoms with Gasteiger partial charge in [-0.3, -0.25) is 14.4 Å². The van der Waals surface area contributed by atoms with Crippen molar-refractivity contribution in [1.82, 2.24) is 14.9 Å². The average molecular weight is 609 g/mol. The summed E-state index contributed by atoms with van der Waals surface area (Å²) in [6, 6.07) is 16.4. The van der Waals surface area contributed by atoms with Gasteiger partial charge in [-0.05, 0) is 48.9 Å². The van der Waals surface area contributed by atoms with Crippen molar-refractivity contribution in [1.29, 1.82) is 0 Å². The number of hydroxylamine groups is 2. The highest BCUT2D eigenvalue weighted by atomic mass is 32.2. The number of amides is 2. The average Bonchev–Trinajstić information content (AvgIpc) is 3.65. The molecule has 0 spiro atoms. The second-order valence-corrected chi connectivity index (χ2v) is 13.9. The number of carbonyl (C=O) groups is 2.